The van der Waals surface area contributed by atoms with Crippen molar-refractivity contribution in [2.24, 2.45) is 5.41 Å². The number of hydrogen-bond acceptors (Lipinski definition) is 4. The van der Waals surface area contributed by atoms with Crippen molar-refractivity contribution >= 4 is 15.8 Å². The van der Waals surface area contributed by atoms with Crippen LogP contribution in [0, 0.1) is 16.7 Å². The number of carbonyl (C=O) groups is 1. The quantitative estimate of drug-likeness (QED) is 0.766. The van der Waals surface area contributed by atoms with Gasteiger partial charge in [0.15, 0.2) is 15.3 Å². The summed E-state index contributed by atoms with van der Waals surface area (Å²) in [6, 6.07) is 1.74. The smallest absolute Gasteiger partial charge is 0.324 e. The van der Waals surface area contributed by atoms with Crippen LogP contribution in [0.1, 0.15) is 26.2 Å². The molecular formula is C9H13NO4S. The maximum atomic E-state index is 11.5. The Kier molecular flexibility index (Phi) is 3.05. The predicted octanol–water partition coefficient (Wildman–Crippen LogP) is 0.568. The van der Waals surface area contributed by atoms with E-state index in [0.717, 1.165) is 0 Å². The van der Waals surface area contributed by atoms with Crippen LogP contribution in [0.15, 0.2) is 0 Å². The number of nitriles is 1. The molecule has 0 aromatic rings. The van der Waals surface area contributed by atoms with Crippen molar-refractivity contribution in [3.05, 3.63) is 0 Å². The summed E-state index contributed by atoms with van der Waals surface area (Å²) in [4.78, 5) is 10.9. The van der Waals surface area contributed by atoms with Crippen LogP contribution >= 0.6 is 0 Å². The van der Waals surface area contributed by atoms with Gasteiger partial charge in [0, 0.05) is 5.75 Å². The van der Waals surface area contributed by atoms with E-state index in [1.54, 1.807) is 6.07 Å². The summed E-state index contributed by atoms with van der Waals surface area (Å²) in [5.74, 6) is -1.21. The van der Waals surface area contributed by atoms with Gasteiger partial charge in [-0.1, -0.05) is 6.92 Å². The summed E-state index contributed by atoms with van der Waals surface area (Å²) >= 11 is 0. The van der Waals surface area contributed by atoms with Gasteiger partial charge in [-0.3, -0.25) is 4.79 Å². The molecule has 2 unspecified atom stereocenters. The fourth-order valence-electron chi connectivity index (χ4n) is 1.89. The van der Waals surface area contributed by atoms with Crippen LogP contribution in [-0.4, -0.2) is 30.5 Å². The first-order valence-corrected chi connectivity index (χ1v) is 6.46. The van der Waals surface area contributed by atoms with Gasteiger partial charge in [0.2, 0.25) is 0 Å². The van der Waals surface area contributed by atoms with E-state index in [9.17, 15) is 13.2 Å². The van der Waals surface area contributed by atoms with Gasteiger partial charge in [-0.05, 0) is 19.3 Å². The van der Waals surface area contributed by atoms with Crippen molar-refractivity contribution in [2.45, 2.75) is 31.4 Å². The highest BCUT2D eigenvalue weighted by molar-refractivity contribution is 7.92. The van der Waals surface area contributed by atoms with Gasteiger partial charge in [-0.15, -0.1) is 0 Å². The fraction of sp³-hybridized carbons (Fsp3) is 0.778. The Morgan fingerprint density at radius 3 is 2.60 bits per heavy atom. The molecule has 1 aliphatic rings. The molecule has 1 N–H and O–H groups in total. The molecular weight excluding hydrogens is 218 g/mol. The van der Waals surface area contributed by atoms with E-state index in [0.29, 0.717) is 0 Å². The van der Waals surface area contributed by atoms with E-state index >= 15 is 0 Å². The molecule has 0 saturated heterocycles. The van der Waals surface area contributed by atoms with Gasteiger partial charge < -0.3 is 5.11 Å². The van der Waals surface area contributed by atoms with Gasteiger partial charge >= 0.3 is 5.97 Å². The Hall–Kier alpha value is -1.09. The van der Waals surface area contributed by atoms with E-state index in [1.165, 1.54) is 6.92 Å². The van der Waals surface area contributed by atoms with E-state index in [-0.39, 0.29) is 25.0 Å². The van der Waals surface area contributed by atoms with Crippen molar-refractivity contribution in [3.8, 4) is 6.07 Å². The highest BCUT2D eigenvalue weighted by Crippen LogP contribution is 2.41. The van der Waals surface area contributed by atoms with Gasteiger partial charge in [-0.2, -0.15) is 5.26 Å². The lowest BCUT2D eigenvalue weighted by atomic mass is 9.88. The molecule has 2 atom stereocenters. The molecule has 0 radical (unpaired) electrons. The van der Waals surface area contributed by atoms with Crippen molar-refractivity contribution in [3.63, 3.8) is 0 Å². The molecule has 1 saturated carbocycles. The zero-order valence-corrected chi connectivity index (χ0v) is 9.25. The number of rotatable bonds is 3. The number of carboxylic acids is 1. The molecule has 1 aliphatic carbocycles. The van der Waals surface area contributed by atoms with Gasteiger partial charge in [0.25, 0.3) is 0 Å². The van der Waals surface area contributed by atoms with Crippen molar-refractivity contribution in [1.29, 1.82) is 5.26 Å². The second-order valence-electron chi connectivity index (χ2n) is 3.82. The molecule has 6 heteroatoms. The lowest BCUT2D eigenvalue weighted by Gasteiger charge is -2.14. The Morgan fingerprint density at radius 2 is 2.27 bits per heavy atom. The van der Waals surface area contributed by atoms with Crippen molar-refractivity contribution in [2.75, 3.05) is 5.75 Å². The lowest BCUT2D eigenvalue weighted by molar-refractivity contribution is -0.145. The van der Waals surface area contributed by atoms with Crippen LogP contribution in [0.4, 0.5) is 0 Å². The lowest BCUT2D eigenvalue weighted by Crippen LogP contribution is -2.29. The highest BCUT2D eigenvalue weighted by atomic mass is 32.2. The zero-order chi connectivity index (χ0) is 11.7. The second kappa shape index (κ2) is 3.81. The Morgan fingerprint density at radius 1 is 1.67 bits per heavy atom. The van der Waals surface area contributed by atoms with E-state index in [4.69, 9.17) is 10.4 Å². The van der Waals surface area contributed by atoms with E-state index in [1.807, 2.05) is 0 Å². The Labute approximate surface area is 88.6 Å². The van der Waals surface area contributed by atoms with Crippen LogP contribution in [0.3, 0.4) is 0 Å². The number of aliphatic carboxylic acids is 1. The largest absolute Gasteiger partial charge is 0.480 e. The monoisotopic (exact) mass is 231 g/mol. The first kappa shape index (κ1) is 12.0. The van der Waals surface area contributed by atoms with E-state index in [2.05, 4.69) is 0 Å². The molecule has 0 bridgehead atoms. The topological polar surface area (TPSA) is 95.2 Å². The minimum absolute atomic E-state index is 0.00120. The molecule has 1 fully saturated rings. The summed E-state index contributed by atoms with van der Waals surface area (Å²) < 4.78 is 23.1. The van der Waals surface area contributed by atoms with Crippen LogP contribution in [-0.2, 0) is 14.6 Å². The zero-order valence-electron chi connectivity index (χ0n) is 8.43. The minimum atomic E-state index is -3.23. The number of carboxylic acid groups (broad SMARTS) is 1. The van der Waals surface area contributed by atoms with Crippen LogP contribution in [0.25, 0.3) is 0 Å². The summed E-state index contributed by atoms with van der Waals surface area (Å²) in [5.41, 5.74) is -1.49. The summed E-state index contributed by atoms with van der Waals surface area (Å²) in [6.07, 6.45) is 0.327. The normalized spacial score (nSPS) is 31.1. The Balaban J connectivity index is 2.93. The molecule has 0 aliphatic heterocycles. The van der Waals surface area contributed by atoms with Crippen LogP contribution in [0.5, 0.6) is 0 Å². The summed E-state index contributed by atoms with van der Waals surface area (Å²) in [5, 5.41) is 17.1. The third kappa shape index (κ3) is 1.97. The molecule has 0 spiro atoms. The molecule has 15 heavy (non-hydrogen) atoms. The number of hydrogen-bond donors (Lipinski definition) is 1. The number of sulfone groups is 1. The summed E-state index contributed by atoms with van der Waals surface area (Å²) in [7, 11) is -3.23. The van der Waals surface area contributed by atoms with E-state index < -0.39 is 26.5 Å². The molecule has 0 heterocycles. The maximum Gasteiger partial charge on any atom is 0.324 e. The van der Waals surface area contributed by atoms with Crippen LogP contribution < -0.4 is 0 Å². The predicted molar refractivity (Wildman–Crippen MR) is 52.8 cm³/mol. The molecule has 1 rings (SSSR count). The third-order valence-electron chi connectivity index (χ3n) is 3.00. The molecule has 0 aromatic heterocycles. The third-order valence-corrected chi connectivity index (χ3v) is 5.23. The van der Waals surface area contributed by atoms with Crippen molar-refractivity contribution < 1.29 is 18.3 Å². The maximum absolute atomic E-state index is 11.5. The molecule has 0 amide bonds. The first-order chi connectivity index (χ1) is 6.88. The second-order valence-corrected chi connectivity index (χ2v) is 6.39. The average Bonchev–Trinajstić information content (AvgIpc) is 2.63. The van der Waals surface area contributed by atoms with Crippen molar-refractivity contribution in [1.82, 2.24) is 0 Å². The molecule has 5 nitrogen and oxygen atoms in total. The van der Waals surface area contributed by atoms with Gasteiger partial charge in [0.05, 0.1) is 11.3 Å². The Bertz CT molecular complexity index is 408. The van der Waals surface area contributed by atoms with Gasteiger partial charge in [0.1, 0.15) is 0 Å². The highest BCUT2D eigenvalue weighted by Gasteiger charge is 2.49. The fourth-order valence-corrected chi connectivity index (χ4v) is 3.37. The van der Waals surface area contributed by atoms with Gasteiger partial charge in [-0.25, -0.2) is 8.42 Å². The average molecular weight is 231 g/mol. The minimum Gasteiger partial charge on any atom is -0.480 e. The first-order valence-electron chi connectivity index (χ1n) is 4.74. The molecule has 0 aromatic carbocycles. The molecule has 84 valence electrons. The standard InChI is InChI=1S/C9H13NO4S/c1-2-15(13,14)7-3-4-9(5-7,6-10)8(11)12/h7H,2-5H2,1H3,(H,11,12). The summed E-state index contributed by atoms with van der Waals surface area (Å²) in [6.45, 7) is 1.53. The SMILES string of the molecule is CCS(=O)(=O)C1CCC(C#N)(C(=O)O)C1. The number of nitrogens with zero attached hydrogens (tertiary/aromatic N) is 1. The van der Waals surface area contributed by atoms with Crippen LogP contribution in [0.2, 0.25) is 0 Å².